The molecule has 0 aliphatic carbocycles. The van der Waals surface area contributed by atoms with Crippen molar-refractivity contribution in [3.63, 3.8) is 0 Å². The van der Waals surface area contributed by atoms with E-state index in [4.69, 9.17) is 17.3 Å². The lowest BCUT2D eigenvalue weighted by Crippen LogP contribution is -1.90. The number of rotatable bonds is 2. The van der Waals surface area contributed by atoms with Crippen molar-refractivity contribution in [2.24, 2.45) is 0 Å². The molecule has 0 radical (unpaired) electrons. The fraction of sp³-hybridized carbons (Fsp3) is 0. The first kappa shape index (κ1) is 9.23. The lowest BCUT2D eigenvalue weighted by molar-refractivity contribution is 1.33. The number of anilines is 3. The first-order chi connectivity index (χ1) is 6.74. The second kappa shape index (κ2) is 3.81. The van der Waals surface area contributed by atoms with Gasteiger partial charge >= 0.3 is 0 Å². The third-order valence-electron chi connectivity index (χ3n) is 1.54. The third kappa shape index (κ3) is 2.12. The molecule has 0 bridgehead atoms. The number of nitrogens with one attached hydrogen (secondary N) is 1. The molecule has 0 fully saturated rings. The Morgan fingerprint density at radius 1 is 1.29 bits per heavy atom. The van der Waals surface area contributed by atoms with Crippen LogP contribution in [0.25, 0.3) is 0 Å². The van der Waals surface area contributed by atoms with Crippen molar-refractivity contribution >= 4 is 39.9 Å². The number of hydrogen-bond acceptors (Lipinski definition) is 5. The number of nitrogens with zero attached hydrogens (tertiary/aromatic N) is 2. The van der Waals surface area contributed by atoms with Crippen LogP contribution < -0.4 is 11.1 Å². The van der Waals surface area contributed by atoms with Gasteiger partial charge < -0.3 is 11.1 Å². The predicted molar refractivity (Wildman–Crippen MR) is 59.1 cm³/mol. The van der Waals surface area contributed by atoms with Crippen molar-refractivity contribution < 1.29 is 0 Å². The highest BCUT2D eigenvalue weighted by molar-refractivity contribution is 7.10. The van der Waals surface area contributed by atoms with E-state index in [-0.39, 0.29) is 5.95 Å². The molecule has 2 rings (SSSR count). The molecule has 0 saturated heterocycles. The zero-order chi connectivity index (χ0) is 9.97. The van der Waals surface area contributed by atoms with E-state index in [0.29, 0.717) is 10.2 Å². The predicted octanol–water partition coefficient (Wildman–Crippen LogP) is 2.52. The maximum absolute atomic E-state index is 5.75. The van der Waals surface area contributed by atoms with Crippen LogP contribution in [0.4, 0.5) is 16.8 Å². The van der Waals surface area contributed by atoms with Gasteiger partial charge in [-0.3, -0.25) is 0 Å². The Morgan fingerprint density at radius 3 is 2.57 bits per heavy atom. The van der Waals surface area contributed by atoms with Crippen molar-refractivity contribution in [3.05, 3.63) is 29.3 Å². The summed E-state index contributed by atoms with van der Waals surface area (Å²) in [5.41, 5.74) is 6.29. The van der Waals surface area contributed by atoms with E-state index in [2.05, 4.69) is 14.7 Å². The third-order valence-corrected chi connectivity index (χ3v) is 2.43. The van der Waals surface area contributed by atoms with Gasteiger partial charge in [0.1, 0.15) is 0 Å². The van der Waals surface area contributed by atoms with Crippen molar-refractivity contribution in [2.75, 3.05) is 11.1 Å². The normalized spacial score (nSPS) is 10.1. The molecule has 1 aromatic carbocycles. The molecular weight excluding hydrogens is 220 g/mol. The van der Waals surface area contributed by atoms with E-state index >= 15 is 0 Å². The Kier molecular flexibility index (Phi) is 2.51. The average molecular weight is 227 g/mol. The maximum atomic E-state index is 5.75. The first-order valence-electron chi connectivity index (χ1n) is 3.86. The number of aromatic nitrogens is 2. The minimum Gasteiger partial charge on any atom is -0.367 e. The van der Waals surface area contributed by atoms with Crippen molar-refractivity contribution in [1.82, 2.24) is 9.36 Å². The molecular formula is C8H7ClN4S. The number of nitrogens with two attached hydrogens (primary N) is 1. The highest BCUT2D eigenvalue weighted by atomic mass is 35.5. The lowest BCUT2D eigenvalue weighted by Gasteiger charge is -2.00. The van der Waals surface area contributed by atoms with Crippen molar-refractivity contribution in [2.45, 2.75) is 0 Å². The van der Waals surface area contributed by atoms with Crippen LogP contribution in [-0.2, 0) is 0 Å². The summed E-state index contributed by atoms with van der Waals surface area (Å²) in [6.45, 7) is 0. The van der Waals surface area contributed by atoms with Gasteiger partial charge in [-0.25, -0.2) is 0 Å². The highest BCUT2D eigenvalue weighted by Gasteiger charge is 2.00. The molecule has 3 N–H and O–H groups in total. The standard InChI is InChI=1S/C8H7ClN4S/c9-5-1-3-6(4-2-5)11-8-12-7(10)13-14-8/h1-4H,(H3,10,11,12,13). The molecule has 1 aromatic heterocycles. The van der Waals surface area contributed by atoms with E-state index in [1.807, 2.05) is 12.1 Å². The number of halogens is 1. The summed E-state index contributed by atoms with van der Waals surface area (Å²) >= 11 is 6.96. The van der Waals surface area contributed by atoms with Crippen molar-refractivity contribution in [3.8, 4) is 0 Å². The highest BCUT2D eigenvalue weighted by Crippen LogP contribution is 2.20. The van der Waals surface area contributed by atoms with Crippen LogP contribution in [0.2, 0.25) is 5.02 Å². The molecule has 0 spiro atoms. The monoisotopic (exact) mass is 226 g/mol. The zero-order valence-electron chi connectivity index (χ0n) is 7.07. The van der Waals surface area contributed by atoms with Crippen LogP contribution in [-0.4, -0.2) is 9.36 Å². The van der Waals surface area contributed by atoms with Crippen LogP contribution in [0.5, 0.6) is 0 Å². The largest absolute Gasteiger partial charge is 0.367 e. The van der Waals surface area contributed by atoms with Crippen molar-refractivity contribution in [1.29, 1.82) is 0 Å². The summed E-state index contributed by atoms with van der Waals surface area (Å²) in [6, 6.07) is 7.32. The molecule has 0 atom stereocenters. The van der Waals surface area contributed by atoms with Gasteiger partial charge in [0.15, 0.2) is 0 Å². The molecule has 4 nitrogen and oxygen atoms in total. The number of benzene rings is 1. The van der Waals surface area contributed by atoms with Gasteiger partial charge in [0, 0.05) is 22.2 Å². The molecule has 1 heterocycles. The van der Waals surface area contributed by atoms with Gasteiger partial charge in [0.25, 0.3) is 0 Å². The SMILES string of the molecule is Nc1nsc(Nc2ccc(Cl)cc2)n1. The lowest BCUT2D eigenvalue weighted by atomic mass is 10.3. The Balaban J connectivity index is 2.15. The van der Waals surface area contributed by atoms with Crippen LogP contribution in [0, 0.1) is 0 Å². The minimum atomic E-state index is 0.284. The fourth-order valence-electron chi connectivity index (χ4n) is 0.942. The summed E-state index contributed by atoms with van der Waals surface area (Å²) < 4.78 is 3.85. The molecule has 0 saturated carbocycles. The first-order valence-corrected chi connectivity index (χ1v) is 5.01. The number of hydrogen-bond donors (Lipinski definition) is 2. The van der Waals surface area contributed by atoms with Gasteiger partial charge in [0.05, 0.1) is 0 Å². The minimum absolute atomic E-state index is 0.284. The van der Waals surface area contributed by atoms with Gasteiger partial charge in [-0.05, 0) is 24.3 Å². The topological polar surface area (TPSA) is 63.8 Å². The second-order valence-electron chi connectivity index (χ2n) is 2.59. The average Bonchev–Trinajstić information content (AvgIpc) is 2.56. The van der Waals surface area contributed by atoms with E-state index in [1.165, 1.54) is 11.5 Å². The molecule has 72 valence electrons. The van der Waals surface area contributed by atoms with E-state index in [1.54, 1.807) is 12.1 Å². The molecule has 0 aliphatic rings. The Morgan fingerprint density at radius 2 is 2.00 bits per heavy atom. The molecule has 6 heteroatoms. The zero-order valence-corrected chi connectivity index (χ0v) is 8.64. The summed E-state index contributed by atoms with van der Waals surface area (Å²) in [5, 5.41) is 4.43. The van der Waals surface area contributed by atoms with Gasteiger partial charge in [-0.1, -0.05) is 11.6 Å². The van der Waals surface area contributed by atoms with Crippen LogP contribution in [0.3, 0.4) is 0 Å². The van der Waals surface area contributed by atoms with Crippen LogP contribution in [0.1, 0.15) is 0 Å². The molecule has 0 aliphatic heterocycles. The van der Waals surface area contributed by atoms with Gasteiger partial charge in [-0.2, -0.15) is 9.36 Å². The maximum Gasteiger partial charge on any atom is 0.233 e. The summed E-state index contributed by atoms with van der Waals surface area (Å²) in [7, 11) is 0. The Bertz CT molecular complexity index is 425. The molecule has 14 heavy (non-hydrogen) atoms. The fourth-order valence-corrected chi connectivity index (χ4v) is 1.59. The summed E-state index contributed by atoms with van der Waals surface area (Å²) in [6.07, 6.45) is 0. The smallest absolute Gasteiger partial charge is 0.233 e. The quantitative estimate of drug-likeness (QED) is 0.826. The Labute approximate surface area is 89.9 Å². The van der Waals surface area contributed by atoms with E-state index in [9.17, 15) is 0 Å². The second-order valence-corrected chi connectivity index (χ2v) is 3.78. The van der Waals surface area contributed by atoms with Gasteiger partial charge in [0.2, 0.25) is 11.1 Å². The van der Waals surface area contributed by atoms with E-state index in [0.717, 1.165) is 5.69 Å². The molecule has 0 amide bonds. The molecule has 2 aromatic rings. The summed E-state index contributed by atoms with van der Waals surface area (Å²) in [5.74, 6) is 0.284. The summed E-state index contributed by atoms with van der Waals surface area (Å²) in [4.78, 5) is 3.97. The van der Waals surface area contributed by atoms with Crippen LogP contribution in [0.15, 0.2) is 24.3 Å². The van der Waals surface area contributed by atoms with E-state index < -0.39 is 0 Å². The Hall–Kier alpha value is -1.33. The van der Waals surface area contributed by atoms with Crippen LogP contribution >= 0.6 is 23.1 Å². The molecule has 0 unspecified atom stereocenters. The van der Waals surface area contributed by atoms with Gasteiger partial charge in [-0.15, -0.1) is 0 Å². The number of nitrogen functional groups attached to an aromatic ring is 1.